The second kappa shape index (κ2) is 3.48. The van der Waals surface area contributed by atoms with Gasteiger partial charge in [0.1, 0.15) is 19.0 Å². The third kappa shape index (κ3) is 1.39. The van der Waals surface area contributed by atoms with Crippen molar-refractivity contribution in [1.82, 2.24) is 4.98 Å². The van der Waals surface area contributed by atoms with Crippen molar-refractivity contribution in [2.75, 3.05) is 18.9 Å². The average molecular weight is 216 g/mol. The van der Waals surface area contributed by atoms with Gasteiger partial charge in [0, 0.05) is 17.0 Å². The maximum absolute atomic E-state index is 5.81. The number of aromatic amines is 1. The van der Waals surface area contributed by atoms with E-state index in [0.717, 1.165) is 22.3 Å². The fourth-order valence-electron chi connectivity index (χ4n) is 1.80. The molecule has 0 saturated heterocycles. The maximum Gasteiger partial charge on any atom is 0.162 e. The third-order valence-electron chi connectivity index (χ3n) is 2.63. The number of nitrogens with one attached hydrogen (secondary N) is 1. The number of hydrogen-bond acceptors (Lipinski definition) is 3. The van der Waals surface area contributed by atoms with Gasteiger partial charge in [0.25, 0.3) is 0 Å². The van der Waals surface area contributed by atoms with Crippen molar-refractivity contribution >= 4 is 16.6 Å². The number of nitrogens with two attached hydrogens (primary N) is 1. The van der Waals surface area contributed by atoms with Gasteiger partial charge in [-0.1, -0.05) is 0 Å². The molecule has 1 aliphatic heterocycles. The molecule has 4 heteroatoms. The number of rotatable bonds is 0. The van der Waals surface area contributed by atoms with E-state index in [9.17, 15) is 0 Å². The summed E-state index contributed by atoms with van der Waals surface area (Å²) in [5.41, 5.74) is 5.81. The monoisotopic (exact) mass is 216 g/mol. The molecule has 3 rings (SSSR count). The SMILES string of the molecule is Nc1[nH]cc2cc3c(cc12)OCC=CCO3. The molecule has 0 radical (unpaired) electrons. The van der Waals surface area contributed by atoms with Gasteiger partial charge in [-0.15, -0.1) is 0 Å². The van der Waals surface area contributed by atoms with Crippen molar-refractivity contribution in [1.29, 1.82) is 0 Å². The maximum atomic E-state index is 5.81. The summed E-state index contributed by atoms with van der Waals surface area (Å²) in [6.07, 6.45) is 5.75. The lowest BCUT2D eigenvalue weighted by atomic mass is 10.2. The van der Waals surface area contributed by atoms with E-state index >= 15 is 0 Å². The van der Waals surface area contributed by atoms with Crippen LogP contribution < -0.4 is 15.2 Å². The Hall–Kier alpha value is -2.10. The molecule has 2 heterocycles. The van der Waals surface area contributed by atoms with Crippen LogP contribution >= 0.6 is 0 Å². The highest BCUT2D eigenvalue weighted by Gasteiger charge is 2.11. The van der Waals surface area contributed by atoms with E-state index in [1.54, 1.807) is 0 Å². The molecule has 16 heavy (non-hydrogen) atoms. The number of aromatic nitrogens is 1. The van der Waals surface area contributed by atoms with E-state index < -0.39 is 0 Å². The zero-order valence-corrected chi connectivity index (χ0v) is 8.69. The number of benzene rings is 1. The summed E-state index contributed by atoms with van der Waals surface area (Å²) in [5.74, 6) is 2.15. The van der Waals surface area contributed by atoms with E-state index in [4.69, 9.17) is 15.2 Å². The van der Waals surface area contributed by atoms with E-state index in [2.05, 4.69) is 4.98 Å². The van der Waals surface area contributed by atoms with Crippen LogP contribution in [0.2, 0.25) is 0 Å². The van der Waals surface area contributed by atoms with Gasteiger partial charge in [-0.3, -0.25) is 0 Å². The predicted molar refractivity (Wildman–Crippen MR) is 62.8 cm³/mol. The first kappa shape index (κ1) is 9.15. The van der Waals surface area contributed by atoms with Crippen molar-refractivity contribution < 1.29 is 9.47 Å². The summed E-state index contributed by atoms with van der Waals surface area (Å²) in [4.78, 5) is 2.98. The summed E-state index contributed by atoms with van der Waals surface area (Å²) in [5, 5.41) is 2.00. The van der Waals surface area contributed by atoms with Crippen molar-refractivity contribution in [2.24, 2.45) is 0 Å². The highest BCUT2D eigenvalue weighted by atomic mass is 16.5. The van der Waals surface area contributed by atoms with Crippen LogP contribution in [0.5, 0.6) is 11.5 Å². The molecule has 0 fully saturated rings. The molecule has 4 nitrogen and oxygen atoms in total. The molecule has 0 atom stereocenters. The van der Waals surface area contributed by atoms with Gasteiger partial charge in [-0.05, 0) is 24.3 Å². The van der Waals surface area contributed by atoms with Gasteiger partial charge in [0.05, 0.1) is 0 Å². The number of fused-ring (bicyclic) bond motifs is 2. The standard InChI is InChI=1S/C12H12N2O2/c13-12-9-6-11-10(5-8(9)7-14-12)15-3-1-2-4-16-11/h1-2,5-7,14H,3-4,13H2. The fraction of sp³-hybridized carbons (Fsp3) is 0.167. The minimum absolute atomic E-state index is 0.562. The molecular formula is C12H12N2O2. The molecule has 0 bridgehead atoms. The Morgan fingerprint density at radius 1 is 1.06 bits per heavy atom. The summed E-state index contributed by atoms with van der Waals surface area (Å²) in [6, 6.07) is 3.85. The van der Waals surface area contributed by atoms with Crippen molar-refractivity contribution in [3.8, 4) is 11.5 Å². The lowest BCUT2D eigenvalue weighted by Gasteiger charge is -2.13. The average Bonchev–Trinajstić information content (AvgIpc) is 2.60. The van der Waals surface area contributed by atoms with Gasteiger partial charge < -0.3 is 20.2 Å². The van der Waals surface area contributed by atoms with Crippen molar-refractivity contribution in [3.05, 3.63) is 30.5 Å². The van der Waals surface area contributed by atoms with Crippen LogP contribution in [0.15, 0.2) is 30.5 Å². The largest absolute Gasteiger partial charge is 0.486 e. The zero-order chi connectivity index (χ0) is 11.0. The molecule has 0 saturated carbocycles. The van der Waals surface area contributed by atoms with Gasteiger partial charge in [0.2, 0.25) is 0 Å². The molecule has 3 N–H and O–H groups in total. The molecule has 1 aliphatic rings. The van der Waals surface area contributed by atoms with Crippen LogP contribution in [0.4, 0.5) is 5.82 Å². The van der Waals surface area contributed by atoms with Gasteiger partial charge >= 0.3 is 0 Å². The van der Waals surface area contributed by atoms with E-state index in [1.807, 2.05) is 30.5 Å². The Balaban J connectivity index is 2.16. The minimum Gasteiger partial charge on any atom is -0.486 e. The number of nitrogen functional groups attached to an aromatic ring is 1. The number of ether oxygens (including phenoxy) is 2. The normalized spacial score (nSPS) is 14.8. The molecule has 0 aliphatic carbocycles. The van der Waals surface area contributed by atoms with E-state index in [1.165, 1.54) is 0 Å². The Bertz CT molecular complexity index is 557. The third-order valence-corrected chi connectivity index (χ3v) is 2.63. The van der Waals surface area contributed by atoms with Crippen LogP contribution in [-0.4, -0.2) is 18.2 Å². The molecule has 0 unspecified atom stereocenters. The fourth-order valence-corrected chi connectivity index (χ4v) is 1.80. The van der Waals surface area contributed by atoms with Crippen molar-refractivity contribution in [3.63, 3.8) is 0 Å². The second-order valence-corrected chi connectivity index (χ2v) is 3.68. The van der Waals surface area contributed by atoms with E-state index in [0.29, 0.717) is 19.0 Å². The van der Waals surface area contributed by atoms with Crippen LogP contribution in [0.1, 0.15) is 0 Å². The van der Waals surface area contributed by atoms with Crippen LogP contribution in [0.3, 0.4) is 0 Å². The number of anilines is 1. The molecule has 82 valence electrons. The van der Waals surface area contributed by atoms with Gasteiger partial charge in [0.15, 0.2) is 11.5 Å². The smallest absolute Gasteiger partial charge is 0.162 e. The molecule has 1 aromatic carbocycles. The van der Waals surface area contributed by atoms with Gasteiger partial charge in [-0.25, -0.2) is 0 Å². The number of H-pyrrole nitrogens is 1. The summed E-state index contributed by atoms with van der Waals surface area (Å²) < 4.78 is 11.2. The molecule has 0 spiro atoms. The lowest BCUT2D eigenvalue weighted by molar-refractivity contribution is 0.297. The van der Waals surface area contributed by atoms with Crippen LogP contribution in [0, 0.1) is 0 Å². The van der Waals surface area contributed by atoms with Crippen LogP contribution in [0.25, 0.3) is 10.8 Å². The number of hydrogen-bond donors (Lipinski definition) is 2. The summed E-state index contributed by atoms with van der Waals surface area (Å²) in [6.45, 7) is 1.13. The highest BCUT2D eigenvalue weighted by molar-refractivity contribution is 5.94. The molecule has 2 aromatic rings. The Kier molecular flexibility index (Phi) is 1.99. The topological polar surface area (TPSA) is 60.3 Å². The quantitative estimate of drug-likeness (QED) is 0.663. The first-order valence-electron chi connectivity index (χ1n) is 5.16. The van der Waals surface area contributed by atoms with Crippen LogP contribution in [-0.2, 0) is 0 Å². The molecular weight excluding hydrogens is 204 g/mol. The summed E-state index contributed by atoms with van der Waals surface area (Å²) >= 11 is 0. The summed E-state index contributed by atoms with van der Waals surface area (Å²) in [7, 11) is 0. The molecule has 1 aromatic heterocycles. The Morgan fingerprint density at radius 2 is 1.75 bits per heavy atom. The van der Waals surface area contributed by atoms with Gasteiger partial charge in [-0.2, -0.15) is 0 Å². The zero-order valence-electron chi connectivity index (χ0n) is 8.69. The Morgan fingerprint density at radius 3 is 2.50 bits per heavy atom. The Labute approximate surface area is 92.7 Å². The first-order chi connectivity index (χ1) is 7.84. The van der Waals surface area contributed by atoms with Crippen molar-refractivity contribution in [2.45, 2.75) is 0 Å². The highest BCUT2D eigenvalue weighted by Crippen LogP contribution is 2.35. The lowest BCUT2D eigenvalue weighted by Crippen LogP contribution is -2.03. The van der Waals surface area contributed by atoms with E-state index in [-0.39, 0.29) is 0 Å². The second-order valence-electron chi connectivity index (χ2n) is 3.68. The minimum atomic E-state index is 0.562. The molecule has 0 amide bonds. The first-order valence-corrected chi connectivity index (χ1v) is 5.16. The predicted octanol–water partition coefficient (Wildman–Crippen LogP) is 2.08.